The van der Waals surface area contributed by atoms with E-state index in [1.165, 1.54) is 0 Å². The second kappa shape index (κ2) is 8.75. The lowest BCUT2D eigenvalue weighted by Gasteiger charge is -2.40. The average molecular weight is 408 g/mol. The molecule has 1 fully saturated rings. The van der Waals surface area contributed by atoms with E-state index in [0.717, 1.165) is 5.69 Å². The van der Waals surface area contributed by atoms with E-state index in [9.17, 15) is 9.59 Å². The number of nitrogens with zero attached hydrogens (tertiary/aromatic N) is 2. The SMILES string of the molecule is CC(C)(C)OC(=O)NC1CC(NC(=O)OC(C)(C)C)CN(c2ccncc2N)C1. The molecule has 2 unspecified atom stereocenters. The number of rotatable bonds is 3. The smallest absolute Gasteiger partial charge is 0.407 e. The van der Waals surface area contributed by atoms with Gasteiger partial charge in [0, 0.05) is 19.3 Å². The van der Waals surface area contributed by atoms with Crippen molar-refractivity contribution in [1.82, 2.24) is 15.6 Å². The molecule has 0 radical (unpaired) electrons. The molecule has 9 nitrogen and oxygen atoms in total. The van der Waals surface area contributed by atoms with Gasteiger partial charge in [0.05, 0.1) is 29.7 Å². The second-order valence-electron chi connectivity index (χ2n) is 9.26. The van der Waals surface area contributed by atoms with Crippen molar-refractivity contribution in [3.05, 3.63) is 18.5 Å². The van der Waals surface area contributed by atoms with E-state index in [0.29, 0.717) is 25.2 Å². The van der Waals surface area contributed by atoms with Crippen molar-refractivity contribution in [2.24, 2.45) is 0 Å². The number of nitrogen functional groups attached to an aromatic ring is 1. The van der Waals surface area contributed by atoms with Gasteiger partial charge in [0.1, 0.15) is 11.2 Å². The molecule has 2 rings (SSSR count). The molecule has 0 bridgehead atoms. The molecule has 2 atom stereocenters. The molecule has 1 aliphatic heterocycles. The van der Waals surface area contributed by atoms with Crippen LogP contribution in [-0.4, -0.2) is 53.5 Å². The Morgan fingerprint density at radius 3 is 1.93 bits per heavy atom. The molecular formula is C20H33N5O4. The van der Waals surface area contributed by atoms with Crippen molar-refractivity contribution < 1.29 is 19.1 Å². The van der Waals surface area contributed by atoms with Gasteiger partial charge in [0.2, 0.25) is 0 Å². The number of nitrogens with one attached hydrogen (secondary N) is 2. The average Bonchev–Trinajstić information content (AvgIpc) is 2.51. The van der Waals surface area contributed by atoms with E-state index in [4.69, 9.17) is 15.2 Å². The summed E-state index contributed by atoms with van der Waals surface area (Å²) in [5, 5.41) is 5.79. The number of ether oxygens (including phenoxy) is 2. The molecule has 162 valence electrons. The highest BCUT2D eigenvalue weighted by Crippen LogP contribution is 2.25. The van der Waals surface area contributed by atoms with Gasteiger partial charge in [-0.25, -0.2) is 9.59 Å². The Kier molecular flexibility index (Phi) is 6.81. The van der Waals surface area contributed by atoms with Gasteiger partial charge in [-0.2, -0.15) is 0 Å². The summed E-state index contributed by atoms with van der Waals surface area (Å²) in [6, 6.07) is 1.33. The van der Waals surface area contributed by atoms with Gasteiger partial charge in [-0.05, 0) is 54.0 Å². The van der Waals surface area contributed by atoms with Gasteiger partial charge in [-0.15, -0.1) is 0 Å². The van der Waals surface area contributed by atoms with Crippen LogP contribution in [0.25, 0.3) is 0 Å². The molecule has 1 aliphatic rings. The first-order chi connectivity index (χ1) is 13.3. The summed E-state index contributed by atoms with van der Waals surface area (Å²) in [7, 11) is 0. The fourth-order valence-electron chi connectivity index (χ4n) is 3.14. The molecule has 4 N–H and O–H groups in total. The largest absolute Gasteiger partial charge is 0.444 e. The number of hydrogen-bond donors (Lipinski definition) is 3. The predicted octanol–water partition coefficient (Wildman–Crippen LogP) is 2.66. The molecule has 1 saturated heterocycles. The third-order valence-electron chi connectivity index (χ3n) is 4.06. The molecule has 29 heavy (non-hydrogen) atoms. The fraction of sp³-hybridized carbons (Fsp3) is 0.650. The Morgan fingerprint density at radius 1 is 1.03 bits per heavy atom. The summed E-state index contributed by atoms with van der Waals surface area (Å²) in [5.41, 5.74) is 6.22. The summed E-state index contributed by atoms with van der Waals surface area (Å²) < 4.78 is 10.7. The first-order valence-electron chi connectivity index (χ1n) is 9.76. The zero-order chi connectivity index (χ0) is 21.8. The monoisotopic (exact) mass is 407 g/mol. The van der Waals surface area contributed by atoms with Crippen LogP contribution in [0.1, 0.15) is 48.0 Å². The lowest BCUT2D eigenvalue weighted by Crippen LogP contribution is -2.58. The minimum atomic E-state index is -0.595. The van der Waals surface area contributed by atoms with Crippen LogP contribution in [0.5, 0.6) is 0 Å². The normalized spacial score (nSPS) is 20.0. The van der Waals surface area contributed by atoms with E-state index < -0.39 is 23.4 Å². The van der Waals surface area contributed by atoms with Crippen molar-refractivity contribution in [3.8, 4) is 0 Å². The molecule has 1 aromatic rings. The number of carbonyl (C=O) groups excluding carboxylic acids is 2. The number of aromatic nitrogens is 1. The Morgan fingerprint density at radius 2 is 1.52 bits per heavy atom. The molecule has 0 saturated carbocycles. The third kappa shape index (κ3) is 7.67. The van der Waals surface area contributed by atoms with Crippen molar-refractivity contribution in [1.29, 1.82) is 0 Å². The van der Waals surface area contributed by atoms with Crippen molar-refractivity contribution >= 4 is 23.6 Å². The van der Waals surface area contributed by atoms with Crippen LogP contribution in [0.15, 0.2) is 18.5 Å². The molecule has 0 spiro atoms. The number of amides is 2. The summed E-state index contributed by atoms with van der Waals surface area (Å²) in [5.74, 6) is 0. The fourth-order valence-corrected chi connectivity index (χ4v) is 3.14. The van der Waals surface area contributed by atoms with Gasteiger partial charge in [0.15, 0.2) is 0 Å². The third-order valence-corrected chi connectivity index (χ3v) is 4.06. The number of nitrogens with two attached hydrogens (primary N) is 1. The molecule has 2 amide bonds. The minimum Gasteiger partial charge on any atom is -0.444 e. The number of piperidine rings is 1. The van der Waals surface area contributed by atoms with Crippen LogP contribution in [0.4, 0.5) is 21.0 Å². The summed E-state index contributed by atoms with van der Waals surface area (Å²) in [6.07, 6.45) is 2.79. The van der Waals surface area contributed by atoms with Crippen LogP contribution in [0.2, 0.25) is 0 Å². The first-order valence-corrected chi connectivity index (χ1v) is 9.76. The maximum atomic E-state index is 12.3. The predicted molar refractivity (Wildman–Crippen MR) is 112 cm³/mol. The van der Waals surface area contributed by atoms with Crippen LogP contribution in [0, 0.1) is 0 Å². The highest BCUT2D eigenvalue weighted by atomic mass is 16.6. The van der Waals surface area contributed by atoms with Crippen molar-refractivity contribution in [2.45, 2.75) is 71.2 Å². The molecule has 0 aromatic carbocycles. The molecule has 1 aromatic heterocycles. The molecule has 9 heteroatoms. The summed E-state index contributed by atoms with van der Waals surface area (Å²) in [4.78, 5) is 30.6. The van der Waals surface area contributed by atoms with Gasteiger partial charge < -0.3 is 30.7 Å². The molecule has 2 heterocycles. The van der Waals surface area contributed by atoms with E-state index in [2.05, 4.69) is 15.6 Å². The second-order valence-corrected chi connectivity index (χ2v) is 9.26. The van der Waals surface area contributed by atoms with E-state index in [1.54, 1.807) is 12.4 Å². The maximum Gasteiger partial charge on any atom is 0.407 e. The van der Waals surface area contributed by atoms with E-state index in [1.807, 2.05) is 52.5 Å². The quantitative estimate of drug-likeness (QED) is 0.705. The number of pyridine rings is 1. The molecular weight excluding hydrogens is 374 g/mol. The van der Waals surface area contributed by atoms with Gasteiger partial charge >= 0.3 is 12.2 Å². The highest BCUT2D eigenvalue weighted by Gasteiger charge is 2.32. The minimum absolute atomic E-state index is 0.244. The van der Waals surface area contributed by atoms with Crippen molar-refractivity contribution in [2.75, 3.05) is 23.7 Å². The number of hydrogen-bond acceptors (Lipinski definition) is 7. The summed E-state index contributed by atoms with van der Waals surface area (Å²) in [6.45, 7) is 11.9. The van der Waals surface area contributed by atoms with Crippen LogP contribution in [-0.2, 0) is 9.47 Å². The lowest BCUT2D eigenvalue weighted by atomic mass is 10.00. The molecule has 0 aliphatic carbocycles. The lowest BCUT2D eigenvalue weighted by molar-refractivity contribution is 0.0476. The Labute approximate surface area is 172 Å². The topological polar surface area (TPSA) is 119 Å². The highest BCUT2D eigenvalue weighted by molar-refractivity contribution is 5.71. The summed E-state index contributed by atoms with van der Waals surface area (Å²) >= 11 is 0. The Bertz CT molecular complexity index is 688. The number of alkyl carbamates (subject to hydrolysis) is 2. The zero-order valence-electron chi connectivity index (χ0n) is 18.1. The zero-order valence-corrected chi connectivity index (χ0v) is 18.1. The Hall–Kier alpha value is -2.71. The van der Waals surface area contributed by atoms with E-state index in [-0.39, 0.29) is 12.1 Å². The first kappa shape index (κ1) is 22.6. The number of anilines is 2. The van der Waals surface area contributed by atoms with Crippen LogP contribution >= 0.6 is 0 Å². The van der Waals surface area contributed by atoms with Gasteiger partial charge in [0.25, 0.3) is 0 Å². The maximum absolute atomic E-state index is 12.3. The number of carbonyl (C=O) groups is 2. The van der Waals surface area contributed by atoms with Crippen molar-refractivity contribution in [3.63, 3.8) is 0 Å². The van der Waals surface area contributed by atoms with Crippen LogP contribution < -0.4 is 21.3 Å². The van der Waals surface area contributed by atoms with Gasteiger partial charge in [-0.1, -0.05) is 0 Å². The van der Waals surface area contributed by atoms with Gasteiger partial charge in [-0.3, -0.25) is 4.98 Å². The van der Waals surface area contributed by atoms with E-state index >= 15 is 0 Å². The Balaban J connectivity index is 2.13. The standard InChI is InChI=1S/C20H33N5O4/c1-19(2,3)28-17(26)23-13-9-14(24-18(27)29-20(4,5)6)12-25(11-13)16-7-8-22-10-15(16)21/h7-8,10,13-14H,9,11-12,21H2,1-6H3,(H,23,26)(H,24,27). The van der Waals surface area contributed by atoms with Crippen LogP contribution in [0.3, 0.4) is 0 Å².